The molecule has 11 heteroatoms. The zero-order chi connectivity index (χ0) is 24.4. The molecule has 0 radical (unpaired) electrons. The van der Waals surface area contributed by atoms with Crippen molar-refractivity contribution < 1.29 is 41.4 Å². The monoisotopic (exact) mass is 476 g/mol. The summed E-state index contributed by atoms with van der Waals surface area (Å²) in [6, 6.07) is 2.64. The molecule has 184 valence electrons. The third-order valence-corrected chi connectivity index (χ3v) is 5.64. The molecule has 0 aliphatic carbocycles. The standard InChI is InChI=1S/C22H28F4N2O5/c1-21(2,3)33-20(30)28-11-14-6-8-27(9-7-15(14)12-28)19(29)31-13-16-4-5-17(10-18(16)23)32-22(24,25)26/h4-5,10,14-15H,6-9,11-13H2,1-3H3/t14-,15+. The molecule has 1 aromatic rings. The maximum absolute atomic E-state index is 14.0. The minimum absolute atomic E-state index is 0.0578. The van der Waals surface area contributed by atoms with Crippen LogP contribution in [0.25, 0.3) is 0 Å². The highest BCUT2D eigenvalue weighted by molar-refractivity contribution is 5.69. The Bertz CT molecular complexity index is 855. The maximum atomic E-state index is 14.0. The molecule has 0 N–H and O–H groups in total. The fraction of sp³-hybridized carbons (Fsp3) is 0.636. The van der Waals surface area contributed by atoms with E-state index in [4.69, 9.17) is 9.47 Å². The van der Waals surface area contributed by atoms with Crippen LogP contribution in [-0.2, 0) is 16.1 Å². The summed E-state index contributed by atoms with van der Waals surface area (Å²) in [4.78, 5) is 28.0. The molecule has 1 aromatic carbocycles. The van der Waals surface area contributed by atoms with E-state index in [1.807, 2.05) is 20.8 Å². The zero-order valence-electron chi connectivity index (χ0n) is 18.8. The number of nitrogens with zero attached hydrogens (tertiary/aromatic N) is 2. The van der Waals surface area contributed by atoms with Crippen molar-refractivity contribution in [3.05, 3.63) is 29.6 Å². The number of benzene rings is 1. The van der Waals surface area contributed by atoms with Gasteiger partial charge in [0.05, 0.1) is 0 Å². The number of amides is 2. The molecule has 3 rings (SSSR count). The van der Waals surface area contributed by atoms with Gasteiger partial charge in [-0.15, -0.1) is 13.2 Å². The van der Waals surface area contributed by atoms with Gasteiger partial charge in [0.25, 0.3) is 0 Å². The molecule has 0 unspecified atom stereocenters. The van der Waals surface area contributed by atoms with E-state index in [-0.39, 0.29) is 23.5 Å². The maximum Gasteiger partial charge on any atom is 0.573 e. The van der Waals surface area contributed by atoms with Gasteiger partial charge in [-0.3, -0.25) is 0 Å². The lowest BCUT2D eigenvalue weighted by Gasteiger charge is -2.25. The summed E-state index contributed by atoms with van der Waals surface area (Å²) in [7, 11) is 0. The summed E-state index contributed by atoms with van der Waals surface area (Å²) < 4.78 is 65.0. The highest BCUT2D eigenvalue weighted by Crippen LogP contribution is 2.33. The van der Waals surface area contributed by atoms with Crippen LogP contribution >= 0.6 is 0 Å². The molecule has 7 nitrogen and oxygen atoms in total. The zero-order valence-corrected chi connectivity index (χ0v) is 18.8. The number of hydrogen-bond acceptors (Lipinski definition) is 5. The van der Waals surface area contributed by atoms with Gasteiger partial charge in [-0.05, 0) is 57.6 Å². The van der Waals surface area contributed by atoms with Crippen molar-refractivity contribution in [2.75, 3.05) is 26.2 Å². The van der Waals surface area contributed by atoms with Crippen LogP contribution in [0.2, 0.25) is 0 Å². The third kappa shape index (κ3) is 7.13. The van der Waals surface area contributed by atoms with E-state index in [0.29, 0.717) is 45.1 Å². The molecule has 2 aliphatic heterocycles. The molecule has 2 saturated heterocycles. The largest absolute Gasteiger partial charge is 0.573 e. The van der Waals surface area contributed by atoms with Gasteiger partial charge in [0.1, 0.15) is 23.8 Å². The Morgan fingerprint density at radius 2 is 1.61 bits per heavy atom. The molecular weight excluding hydrogens is 448 g/mol. The number of alkyl halides is 3. The molecule has 2 amide bonds. The van der Waals surface area contributed by atoms with E-state index < -0.39 is 36.2 Å². The van der Waals surface area contributed by atoms with Crippen molar-refractivity contribution in [1.82, 2.24) is 9.80 Å². The van der Waals surface area contributed by atoms with Crippen molar-refractivity contribution >= 4 is 12.2 Å². The molecule has 2 aliphatic rings. The second kappa shape index (κ2) is 9.64. The van der Waals surface area contributed by atoms with Gasteiger partial charge in [-0.25, -0.2) is 14.0 Å². The fourth-order valence-corrected chi connectivity index (χ4v) is 4.08. The van der Waals surface area contributed by atoms with E-state index in [1.165, 1.54) is 4.90 Å². The molecule has 0 spiro atoms. The Morgan fingerprint density at radius 3 is 2.12 bits per heavy atom. The average Bonchev–Trinajstić information content (AvgIpc) is 2.98. The quantitative estimate of drug-likeness (QED) is 0.578. The first-order valence-electron chi connectivity index (χ1n) is 10.7. The Morgan fingerprint density at radius 1 is 1.00 bits per heavy atom. The van der Waals surface area contributed by atoms with Crippen LogP contribution in [0.1, 0.15) is 39.2 Å². The lowest BCUT2D eigenvalue weighted by Crippen LogP contribution is -2.37. The van der Waals surface area contributed by atoms with Crippen LogP contribution < -0.4 is 4.74 Å². The topological polar surface area (TPSA) is 68.3 Å². The number of halogens is 4. The molecule has 0 saturated carbocycles. The van der Waals surface area contributed by atoms with E-state index in [2.05, 4.69) is 4.74 Å². The summed E-state index contributed by atoms with van der Waals surface area (Å²) in [6.45, 7) is 7.05. The molecule has 0 bridgehead atoms. The third-order valence-electron chi connectivity index (χ3n) is 5.64. The summed E-state index contributed by atoms with van der Waals surface area (Å²) >= 11 is 0. The fourth-order valence-electron chi connectivity index (χ4n) is 4.08. The van der Waals surface area contributed by atoms with Crippen LogP contribution in [0.4, 0.5) is 27.2 Å². The normalized spacial score (nSPS) is 21.3. The van der Waals surface area contributed by atoms with Crippen LogP contribution in [0.15, 0.2) is 18.2 Å². The van der Waals surface area contributed by atoms with E-state index in [1.54, 1.807) is 4.90 Å². The smallest absolute Gasteiger partial charge is 0.444 e. The molecule has 33 heavy (non-hydrogen) atoms. The summed E-state index contributed by atoms with van der Waals surface area (Å²) in [5, 5.41) is 0. The Balaban J connectivity index is 1.48. The minimum Gasteiger partial charge on any atom is -0.444 e. The van der Waals surface area contributed by atoms with Gasteiger partial charge in [0, 0.05) is 37.8 Å². The van der Waals surface area contributed by atoms with Crippen molar-refractivity contribution in [2.45, 2.75) is 52.2 Å². The molecule has 2 atom stereocenters. The highest BCUT2D eigenvalue weighted by atomic mass is 19.4. The van der Waals surface area contributed by atoms with E-state index in [0.717, 1.165) is 12.1 Å². The summed E-state index contributed by atoms with van der Waals surface area (Å²) in [5.41, 5.74) is -0.620. The number of carbonyl (C=O) groups is 2. The average molecular weight is 476 g/mol. The summed E-state index contributed by atoms with van der Waals surface area (Å²) in [6.07, 6.45) is -4.49. The van der Waals surface area contributed by atoms with Gasteiger partial charge < -0.3 is 24.0 Å². The molecular formula is C22H28F4N2O5. The van der Waals surface area contributed by atoms with E-state index in [9.17, 15) is 27.2 Å². The van der Waals surface area contributed by atoms with Gasteiger partial charge in [-0.1, -0.05) is 0 Å². The van der Waals surface area contributed by atoms with Crippen molar-refractivity contribution in [2.24, 2.45) is 11.8 Å². The lowest BCUT2D eigenvalue weighted by molar-refractivity contribution is -0.274. The Labute approximate surface area is 189 Å². The van der Waals surface area contributed by atoms with Crippen molar-refractivity contribution in [3.63, 3.8) is 0 Å². The van der Waals surface area contributed by atoms with Gasteiger partial charge in [0.15, 0.2) is 0 Å². The van der Waals surface area contributed by atoms with Gasteiger partial charge in [0.2, 0.25) is 0 Å². The first-order chi connectivity index (χ1) is 15.3. The second-order valence-electron chi connectivity index (χ2n) is 9.33. The van der Waals surface area contributed by atoms with E-state index >= 15 is 0 Å². The number of ether oxygens (including phenoxy) is 3. The Kier molecular flexibility index (Phi) is 7.28. The number of likely N-dealkylation sites (tertiary alicyclic amines) is 2. The predicted octanol–water partition coefficient (Wildman–Crippen LogP) is 4.94. The van der Waals surface area contributed by atoms with Crippen molar-refractivity contribution in [1.29, 1.82) is 0 Å². The molecule has 2 heterocycles. The van der Waals surface area contributed by atoms with Crippen LogP contribution in [0, 0.1) is 17.7 Å². The second-order valence-corrected chi connectivity index (χ2v) is 9.33. The minimum atomic E-state index is -4.92. The number of carbonyl (C=O) groups excluding carboxylic acids is 2. The van der Waals surface area contributed by atoms with Crippen LogP contribution in [-0.4, -0.2) is 60.1 Å². The summed E-state index contributed by atoms with van der Waals surface area (Å²) in [5.74, 6) is -1.16. The number of rotatable bonds is 3. The molecule has 0 aromatic heterocycles. The van der Waals surface area contributed by atoms with Gasteiger partial charge in [-0.2, -0.15) is 0 Å². The van der Waals surface area contributed by atoms with Crippen LogP contribution in [0.3, 0.4) is 0 Å². The molecule has 2 fully saturated rings. The first-order valence-corrected chi connectivity index (χ1v) is 10.7. The predicted molar refractivity (Wildman–Crippen MR) is 109 cm³/mol. The SMILES string of the molecule is CC(C)(C)OC(=O)N1C[C@H]2CCN(C(=O)OCc3ccc(OC(F)(F)F)cc3F)CC[C@H]2C1. The Hall–Kier alpha value is -2.72. The highest BCUT2D eigenvalue weighted by Gasteiger charge is 2.39. The lowest BCUT2D eigenvalue weighted by atomic mass is 9.92. The number of hydrogen-bond donors (Lipinski definition) is 0. The van der Waals surface area contributed by atoms with Crippen molar-refractivity contribution in [3.8, 4) is 5.75 Å². The number of fused-ring (bicyclic) bond motifs is 1. The van der Waals surface area contributed by atoms with Gasteiger partial charge >= 0.3 is 18.5 Å². The first kappa shape index (κ1) is 24.9. The van der Waals surface area contributed by atoms with Crippen LogP contribution in [0.5, 0.6) is 5.75 Å².